The van der Waals surface area contributed by atoms with Crippen LogP contribution in [0.2, 0.25) is 0 Å². The van der Waals surface area contributed by atoms with Crippen LogP contribution in [0.3, 0.4) is 0 Å². The van der Waals surface area contributed by atoms with Crippen LogP contribution in [0.25, 0.3) is 0 Å². The molecule has 1 unspecified atom stereocenters. The zero-order valence-electron chi connectivity index (χ0n) is 12.5. The standard InChI is InChI=1S/C15H20F3NO3/c1-10(2)7-12(14(20)21)9-19-8-11-5-3-4-6-13(11)22-15(16,17)18/h3-6,10,12,19H,7-9H2,1-2H3,(H,20,21). The fourth-order valence-corrected chi connectivity index (χ4v) is 2.10. The summed E-state index contributed by atoms with van der Waals surface area (Å²) >= 11 is 0. The van der Waals surface area contributed by atoms with E-state index in [1.165, 1.54) is 18.2 Å². The number of ether oxygens (including phenoxy) is 1. The van der Waals surface area contributed by atoms with Crippen LogP contribution in [0.15, 0.2) is 24.3 Å². The molecule has 22 heavy (non-hydrogen) atoms. The Labute approximate surface area is 127 Å². The van der Waals surface area contributed by atoms with Crippen LogP contribution in [0.4, 0.5) is 13.2 Å². The van der Waals surface area contributed by atoms with Gasteiger partial charge < -0.3 is 15.2 Å². The maximum atomic E-state index is 12.3. The molecule has 0 heterocycles. The van der Waals surface area contributed by atoms with Gasteiger partial charge in [0, 0.05) is 18.7 Å². The second-order valence-corrected chi connectivity index (χ2v) is 5.45. The minimum atomic E-state index is -4.75. The molecule has 0 aromatic heterocycles. The lowest BCUT2D eigenvalue weighted by molar-refractivity contribution is -0.274. The molecule has 1 atom stereocenters. The number of aliphatic carboxylic acids is 1. The van der Waals surface area contributed by atoms with Crippen molar-refractivity contribution in [1.29, 1.82) is 0 Å². The van der Waals surface area contributed by atoms with Crippen LogP contribution in [-0.2, 0) is 11.3 Å². The highest BCUT2D eigenvalue weighted by molar-refractivity contribution is 5.70. The number of carbonyl (C=O) groups is 1. The Morgan fingerprint density at radius 1 is 1.32 bits per heavy atom. The van der Waals surface area contributed by atoms with Crippen LogP contribution in [-0.4, -0.2) is 24.0 Å². The van der Waals surface area contributed by atoms with Crippen molar-refractivity contribution >= 4 is 5.97 Å². The number of benzene rings is 1. The second kappa shape index (κ2) is 8.03. The summed E-state index contributed by atoms with van der Waals surface area (Å²) in [6, 6.07) is 5.78. The number of hydrogen-bond acceptors (Lipinski definition) is 3. The first-order chi connectivity index (χ1) is 10.2. The molecule has 1 aromatic rings. The first-order valence-corrected chi connectivity index (χ1v) is 6.96. The Morgan fingerprint density at radius 3 is 2.50 bits per heavy atom. The highest BCUT2D eigenvalue weighted by Crippen LogP contribution is 2.26. The van der Waals surface area contributed by atoms with Gasteiger partial charge in [0.1, 0.15) is 5.75 Å². The minimum absolute atomic E-state index is 0.105. The monoisotopic (exact) mass is 319 g/mol. The van der Waals surface area contributed by atoms with Crippen molar-refractivity contribution in [3.63, 3.8) is 0 Å². The van der Waals surface area contributed by atoms with Crippen LogP contribution < -0.4 is 10.1 Å². The van der Waals surface area contributed by atoms with E-state index in [2.05, 4.69) is 10.1 Å². The summed E-state index contributed by atoms with van der Waals surface area (Å²) in [5.41, 5.74) is 0.327. The van der Waals surface area contributed by atoms with E-state index in [-0.39, 0.29) is 24.8 Å². The number of rotatable bonds is 8. The quantitative estimate of drug-likeness (QED) is 0.771. The van der Waals surface area contributed by atoms with E-state index in [0.717, 1.165) is 0 Å². The molecule has 0 radical (unpaired) electrons. The average Bonchev–Trinajstić information content (AvgIpc) is 2.37. The van der Waals surface area contributed by atoms with Gasteiger partial charge in [0.25, 0.3) is 0 Å². The van der Waals surface area contributed by atoms with Crippen LogP contribution in [0, 0.1) is 11.8 Å². The molecule has 0 bridgehead atoms. The summed E-state index contributed by atoms with van der Waals surface area (Å²) in [4.78, 5) is 11.1. The number of para-hydroxylation sites is 1. The smallest absolute Gasteiger partial charge is 0.481 e. The highest BCUT2D eigenvalue weighted by Gasteiger charge is 2.32. The largest absolute Gasteiger partial charge is 0.573 e. The van der Waals surface area contributed by atoms with Gasteiger partial charge in [-0.05, 0) is 18.4 Å². The van der Waals surface area contributed by atoms with Crippen molar-refractivity contribution in [1.82, 2.24) is 5.32 Å². The molecule has 0 saturated carbocycles. The Morgan fingerprint density at radius 2 is 1.95 bits per heavy atom. The van der Waals surface area contributed by atoms with Gasteiger partial charge >= 0.3 is 12.3 Å². The third kappa shape index (κ3) is 6.80. The molecule has 0 aliphatic rings. The van der Waals surface area contributed by atoms with Gasteiger partial charge in [-0.25, -0.2) is 0 Å². The van der Waals surface area contributed by atoms with E-state index in [1.807, 2.05) is 13.8 Å². The Bertz CT molecular complexity index is 489. The summed E-state index contributed by atoms with van der Waals surface area (Å²) in [5, 5.41) is 12.0. The SMILES string of the molecule is CC(C)CC(CNCc1ccccc1OC(F)(F)F)C(=O)O. The third-order valence-electron chi connectivity index (χ3n) is 3.01. The minimum Gasteiger partial charge on any atom is -0.481 e. The van der Waals surface area contributed by atoms with Gasteiger partial charge in [0.05, 0.1) is 5.92 Å². The lowest BCUT2D eigenvalue weighted by Gasteiger charge is -2.17. The summed E-state index contributed by atoms with van der Waals surface area (Å²) in [6.07, 6.45) is -4.25. The average molecular weight is 319 g/mol. The molecule has 0 aliphatic heterocycles. The zero-order valence-corrected chi connectivity index (χ0v) is 12.5. The molecule has 2 N–H and O–H groups in total. The van der Waals surface area contributed by atoms with Gasteiger partial charge in [0.15, 0.2) is 0 Å². The number of carboxylic acids is 1. The van der Waals surface area contributed by atoms with E-state index < -0.39 is 18.2 Å². The van der Waals surface area contributed by atoms with Crippen LogP contribution in [0.5, 0.6) is 5.75 Å². The molecule has 1 aromatic carbocycles. The Hall–Kier alpha value is -1.76. The Kier molecular flexibility index (Phi) is 6.67. The first-order valence-electron chi connectivity index (χ1n) is 6.96. The number of halogens is 3. The summed E-state index contributed by atoms with van der Waals surface area (Å²) < 4.78 is 40.8. The van der Waals surface area contributed by atoms with E-state index in [0.29, 0.717) is 12.0 Å². The van der Waals surface area contributed by atoms with Crippen molar-refractivity contribution < 1.29 is 27.8 Å². The maximum absolute atomic E-state index is 12.3. The molecule has 1 rings (SSSR count). The van der Waals surface area contributed by atoms with Gasteiger partial charge in [-0.15, -0.1) is 13.2 Å². The van der Waals surface area contributed by atoms with Crippen molar-refractivity contribution in [2.45, 2.75) is 33.2 Å². The molecule has 4 nitrogen and oxygen atoms in total. The number of hydrogen-bond donors (Lipinski definition) is 2. The predicted molar refractivity (Wildman–Crippen MR) is 75.4 cm³/mol. The van der Waals surface area contributed by atoms with Crippen LogP contribution >= 0.6 is 0 Å². The summed E-state index contributed by atoms with van der Waals surface area (Å²) in [5.74, 6) is -1.54. The molecule has 0 spiro atoms. The molecule has 0 aliphatic carbocycles. The maximum Gasteiger partial charge on any atom is 0.573 e. The number of carboxylic acid groups (broad SMARTS) is 1. The fraction of sp³-hybridized carbons (Fsp3) is 0.533. The van der Waals surface area contributed by atoms with Gasteiger partial charge in [-0.1, -0.05) is 32.0 Å². The van der Waals surface area contributed by atoms with Crippen molar-refractivity contribution in [3.05, 3.63) is 29.8 Å². The molecule has 0 saturated heterocycles. The second-order valence-electron chi connectivity index (χ2n) is 5.45. The molecule has 7 heteroatoms. The highest BCUT2D eigenvalue weighted by atomic mass is 19.4. The number of alkyl halides is 3. The van der Waals surface area contributed by atoms with Gasteiger partial charge in [-0.3, -0.25) is 4.79 Å². The molecule has 0 fully saturated rings. The van der Waals surface area contributed by atoms with E-state index in [4.69, 9.17) is 5.11 Å². The molecular weight excluding hydrogens is 299 g/mol. The van der Waals surface area contributed by atoms with Crippen molar-refractivity contribution in [3.8, 4) is 5.75 Å². The van der Waals surface area contributed by atoms with E-state index in [9.17, 15) is 18.0 Å². The third-order valence-corrected chi connectivity index (χ3v) is 3.01. The normalized spacial score (nSPS) is 13.2. The van der Waals surface area contributed by atoms with Crippen molar-refractivity contribution in [2.75, 3.05) is 6.54 Å². The predicted octanol–water partition coefficient (Wildman–Crippen LogP) is 3.42. The van der Waals surface area contributed by atoms with Crippen molar-refractivity contribution in [2.24, 2.45) is 11.8 Å². The number of nitrogens with one attached hydrogen (secondary N) is 1. The first kappa shape index (κ1) is 18.3. The van der Waals surface area contributed by atoms with Crippen LogP contribution in [0.1, 0.15) is 25.8 Å². The van der Waals surface area contributed by atoms with E-state index in [1.54, 1.807) is 6.07 Å². The topological polar surface area (TPSA) is 58.6 Å². The summed E-state index contributed by atoms with van der Waals surface area (Å²) in [6.45, 7) is 4.13. The zero-order chi connectivity index (χ0) is 16.8. The van der Waals surface area contributed by atoms with Gasteiger partial charge in [0.2, 0.25) is 0 Å². The molecule has 124 valence electrons. The Balaban J connectivity index is 2.62. The fourth-order valence-electron chi connectivity index (χ4n) is 2.10. The van der Waals surface area contributed by atoms with E-state index >= 15 is 0 Å². The lowest BCUT2D eigenvalue weighted by atomic mass is 9.97. The molecular formula is C15H20F3NO3. The summed E-state index contributed by atoms with van der Waals surface area (Å²) in [7, 11) is 0. The molecule has 0 amide bonds. The lowest BCUT2D eigenvalue weighted by Crippen LogP contribution is -2.29. The van der Waals surface area contributed by atoms with Gasteiger partial charge in [-0.2, -0.15) is 0 Å².